The van der Waals surface area contributed by atoms with Crippen molar-refractivity contribution in [3.63, 3.8) is 0 Å². The Kier molecular flexibility index (Phi) is 6.29. The molecular weight excluding hydrogens is 460 g/mol. The van der Waals surface area contributed by atoms with Crippen LogP contribution in [-0.4, -0.2) is 22.3 Å². The smallest absolute Gasteiger partial charge is 0.261 e. The summed E-state index contributed by atoms with van der Waals surface area (Å²) >= 11 is 6.13. The van der Waals surface area contributed by atoms with Crippen LogP contribution in [0.15, 0.2) is 85.1 Å². The molecule has 4 aromatic rings. The van der Waals surface area contributed by atoms with Crippen molar-refractivity contribution in [2.45, 2.75) is 19.9 Å². The van der Waals surface area contributed by atoms with E-state index in [0.717, 1.165) is 22.6 Å². The molecule has 0 radical (unpaired) electrons. The maximum Gasteiger partial charge on any atom is 0.261 e. The quantitative estimate of drug-likeness (QED) is 0.325. The lowest BCUT2D eigenvalue weighted by atomic mass is 10.0. The Balaban J connectivity index is 1.49. The number of halogens is 1. The first-order chi connectivity index (χ1) is 17.0. The van der Waals surface area contributed by atoms with E-state index in [9.17, 15) is 4.79 Å². The van der Waals surface area contributed by atoms with Gasteiger partial charge in [0, 0.05) is 16.4 Å². The summed E-state index contributed by atoms with van der Waals surface area (Å²) in [7, 11) is 0. The fraction of sp³-hybridized carbons (Fsp3) is 0.143. The number of ether oxygens (including phenoxy) is 1. The van der Waals surface area contributed by atoms with Crippen LogP contribution in [0.5, 0.6) is 5.75 Å². The van der Waals surface area contributed by atoms with Crippen LogP contribution in [-0.2, 0) is 0 Å². The van der Waals surface area contributed by atoms with E-state index in [4.69, 9.17) is 16.3 Å². The van der Waals surface area contributed by atoms with Crippen LogP contribution in [0.1, 0.15) is 40.0 Å². The Bertz CT molecular complexity index is 1370. The van der Waals surface area contributed by atoms with E-state index in [2.05, 4.69) is 53.0 Å². The third-order valence-corrected chi connectivity index (χ3v) is 6.13. The number of benzene rings is 3. The molecule has 3 aromatic carbocycles. The average molecular weight is 485 g/mol. The maximum absolute atomic E-state index is 13.3. The van der Waals surface area contributed by atoms with Gasteiger partial charge in [0.25, 0.3) is 5.91 Å². The Morgan fingerprint density at radius 1 is 1.06 bits per heavy atom. The fourth-order valence-corrected chi connectivity index (χ4v) is 4.19. The van der Waals surface area contributed by atoms with Gasteiger partial charge in [0.15, 0.2) is 0 Å². The van der Waals surface area contributed by atoms with Crippen LogP contribution in [0, 0.1) is 6.92 Å². The highest BCUT2D eigenvalue weighted by Crippen LogP contribution is 2.36. The number of anilines is 2. The van der Waals surface area contributed by atoms with Crippen molar-refractivity contribution in [2.75, 3.05) is 17.2 Å². The van der Waals surface area contributed by atoms with Gasteiger partial charge in [-0.1, -0.05) is 53.6 Å². The average Bonchev–Trinajstić information content (AvgIpc) is 3.30. The molecule has 0 aliphatic carbocycles. The predicted octanol–water partition coefficient (Wildman–Crippen LogP) is 6.55. The minimum atomic E-state index is -0.247. The van der Waals surface area contributed by atoms with Crippen LogP contribution >= 0.6 is 11.6 Å². The van der Waals surface area contributed by atoms with Crippen molar-refractivity contribution in [1.29, 1.82) is 0 Å². The zero-order chi connectivity index (χ0) is 24.4. The maximum atomic E-state index is 13.3. The number of carbonyl (C=O) groups is 1. The molecule has 7 heteroatoms. The Labute approximate surface area is 209 Å². The number of nitrogens with zero attached hydrogens (tertiary/aromatic N) is 2. The zero-order valence-electron chi connectivity index (χ0n) is 19.5. The molecular formula is C28H25ClN4O2. The lowest BCUT2D eigenvalue weighted by Gasteiger charge is -2.26. The van der Waals surface area contributed by atoms with Gasteiger partial charge in [-0.25, -0.2) is 4.68 Å². The van der Waals surface area contributed by atoms with Crippen LogP contribution in [0.2, 0.25) is 5.02 Å². The van der Waals surface area contributed by atoms with E-state index in [1.165, 1.54) is 5.56 Å². The first-order valence-corrected chi connectivity index (χ1v) is 11.8. The lowest BCUT2D eigenvalue weighted by molar-refractivity contribution is 0.102. The third-order valence-electron chi connectivity index (χ3n) is 5.88. The van der Waals surface area contributed by atoms with Crippen LogP contribution in [0.4, 0.5) is 11.5 Å². The number of aryl methyl sites for hydroxylation is 1. The van der Waals surface area contributed by atoms with Gasteiger partial charge in [0.2, 0.25) is 0 Å². The molecule has 0 spiro atoms. The van der Waals surface area contributed by atoms with Crippen molar-refractivity contribution < 1.29 is 9.53 Å². The fourth-order valence-electron chi connectivity index (χ4n) is 4.06. The first kappa shape index (κ1) is 22.7. The lowest BCUT2D eigenvalue weighted by Crippen LogP contribution is -2.22. The summed E-state index contributed by atoms with van der Waals surface area (Å²) in [6.07, 6.45) is 3.71. The van der Waals surface area contributed by atoms with Crippen molar-refractivity contribution in [1.82, 2.24) is 9.78 Å². The molecule has 35 heavy (non-hydrogen) atoms. The molecule has 0 fully saturated rings. The molecule has 5 rings (SSSR count). The molecule has 1 unspecified atom stereocenters. The van der Waals surface area contributed by atoms with Crippen LogP contribution in [0.3, 0.4) is 0 Å². The normalized spacial score (nSPS) is 14.5. The molecule has 1 aliphatic heterocycles. The number of carbonyl (C=O) groups excluding carboxylic acids is 1. The number of aromatic nitrogens is 2. The van der Waals surface area contributed by atoms with Crippen LogP contribution in [0.25, 0.3) is 5.70 Å². The van der Waals surface area contributed by atoms with Gasteiger partial charge in [-0.05, 0) is 67.4 Å². The zero-order valence-corrected chi connectivity index (χ0v) is 20.2. The molecule has 0 saturated heterocycles. The van der Waals surface area contributed by atoms with E-state index in [0.29, 0.717) is 28.7 Å². The van der Waals surface area contributed by atoms with Crippen molar-refractivity contribution in [3.05, 3.63) is 112 Å². The van der Waals surface area contributed by atoms with E-state index >= 15 is 0 Å². The first-order valence-electron chi connectivity index (χ1n) is 11.4. The summed E-state index contributed by atoms with van der Waals surface area (Å²) in [6.45, 7) is 4.58. The number of amides is 1. The Morgan fingerprint density at radius 2 is 1.77 bits per heavy atom. The third kappa shape index (κ3) is 4.79. The van der Waals surface area contributed by atoms with Gasteiger partial charge in [0.05, 0.1) is 18.8 Å². The van der Waals surface area contributed by atoms with Crippen molar-refractivity contribution in [3.8, 4) is 5.75 Å². The minimum absolute atomic E-state index is 0.202. The highest BCUT2D eigenvalue weighted by molar-refractivity contribution is 6.30. The summed E-state index contributed by atoms with van der Waals surface area (Å²) < 4.78 is 7.31. The summed E-state index contributed by atoms with van der Waals surface area (Å²) in [5, 5.41) is 11.6. The second kappa shape index (κ2) is 9.68. The molecule has 6 nitrogen and oxygen atoms in total. The van der Waals surface area contributed by atoms with E-state index in [1.54, 1.807) is 6.20 Å². The minimum Gasteiger partial charge on any atom is -0.494 e. The number of allylic oxidation sites excluding steroid dienone is 1. The van der Waals surface area contributed by atoms with E-state index < -0.39 is 0 Å². The number of rotatable bonds is 6. The molecule has 2 N–H and O–H groups in total. The molecule has 1 aromatic heterocycles. The number of hydrogen-bond donors (Lipinski definition) is 2. The molecule has 0 bridgehead atoms. The highest BCUT2D eigenvalue weighted by Gasteiger charge is 2.28. The highest BCUT2D eigenvalue weighted by atomic mass is 35.5. The molecule has 0 saturated carbocycles. The predicted molar refractivity (Wildman–Crippen MR) is 140 cm³/mol. The van der Waals surface area contributed by atoms with Crippen molar-refractivity contribution in [2.24, 2.45) is 0 Å². The van der Waals surface area contributed by atoms with E-state index in [1.807, 2.05) is 60.1 Å². The number of fused-ring (bicyclic) bond motifs is 1. The Morgan fingerprint density at radius 3 is 2.46 bits per heavy atom. The standard InChI is InChI=1S/C28H25ClN4O2/c1-3-35-23-14-12-22(13-15-23)31-28(34)24-17-30-33-26(20-8-10-21(29)11-9-20)16-25(32-27(24)33)19-6-4-18(2)5-7-19/h4-17,26,32H,3H2,1-2H3,(H,31,34). The van der Waals surface area contributed by atoms with Gasteiger partial charge < -0.3 is 15.4 Å². The summed E-state index contributed by atoms with van der Waals surface area (Å²) in [4.78, 5) is 13.3. The largest absolute Gasteiger partial charge is 0.494 e. The molecule has 176 valence electrons. The van der Waals surface area contributed by atoms with Crippen LogP contribution < -0.4 is 15.4 Å². The second-order valence-electron chi connectivity index (χ2n) is 8.33. The summed E-state index contributed by atoms with van der Waals surface area (Å²) in [6, 6.07) is 23.1. The molecule has 1 atom stereocenters. The Hall–Kier alpha value is -4.03. The molecule has 2 heterocycles. The van der Waals surface area contributed by atoms with Gasteiger partial charge in [0.1, 0.15) is 17.1 Å². The summed E-state index contributed by atoms with van der Waals surface area (Å²) in [5.41, 5.74) is 5.27. The molecule has 1 aliphatic rings. The number of nitrogens with one attached hydrogen (secondary N) is 2. The van der Waals surface area contributed by atoms with Gasteiger partial charge in [-0.3, -0.25) is 4.79 Å². The van der Waals surface area contributed by atoms with Gasteiger partial charge in [-0.2, -0.15) is 5.10 Å². The monoisotopic (exact) mass is 484 g/mol. The second-order valence-corrected chi connectivity index (χ2v) is 8.77. The SMILES string of the molecule is CCOc1ccc(NC(=O)c2cnn3c2NC(c2ccc(C)cc2)=CC3c2ccc(Cl)cc2)cc1. The molecule has 1 amide bonds. The van der Waals surface area contributed by atoms with Gasteiger partial charge in [-0.15, -0.1) is 0 Å². The van der Waals surface area contributed by atoms with Gasteiger partial charge >= 0.3 is 0 Å². The van der Waals surface area contributed by atoms with Crippen molar-refractivity contribution >= 4 is 34.7 Å². The van der Waals surface area contributed by atoms with E-state index in [-0.39, 0.29) is 11.9 Å². The summed E-state index contributed by atoms with van der Waals surface area (Å²) in [5.74, 6) is 1.14. The number of hydrogen-bond acceptors (Lipinski definition) is 4. The topological polar surface area (TPSA) is 68.2 Å².